The topological polar surface area (TPSA) is 9.23 Å². The zero-order chi connectivity index (χ0) is 14.4. The van der Waals surface area contributed by atoms with Crippen molar-refractivity contribution in [2.45, 2.75) is 26.7 Å². The van der Waals surface area contributed by atoms with E-state index in [1.165, 1.54) is 22.6 Å². The molecule has 1 nitrogen and oxygen atoms in total. The predicted molar refractivity (Wildman–Crippen MR) is 89.2 cm³/mol. The lowest BCUT2D eigenvalue weighted by molar-refractivity contribution is 0.474. The van der Waals surface area contributed by atoms with Gasteiger partial charge in [0.1, 0.15) is 0 Å². The molecule has 2 atom stereocenters. The van der Waals surface area contributed by atoms with Gasteiger partial charge in [0.25, 0.3) is 0 Å². The van der Waals surface area contributed by atoms with Crippen LogP contribution in [0.25, 0.3) is 0 Å². The van der Waals surface area contributed by atoms with E-state index in [9.17, 15) is 0 Å². The molecule has 0 spiro atoms. The minimum atomic E-state index is -0.685. The lowest BCUT2D eigenvalue weighted by Gasteiger charge is -2.16. The summed E-state index contributed by atoms with van der Waals surface area (Å²) in [6, 6.07) is 19.4. The number of rotatable bonds is 6. The normalized spacial score (nSPS) is 13.9. The lowest BCUT2D eigenvalue weighted by Crippen LogP contribution is -2.12. The molecule has 0 amide bonds. The van der Waals surface area contributed by atoms with E-state index < -0.39 is 8.15 Å². The van der Waals surface area contributed by atoms with E-state index in [0.717, 1.165) is 12.3 Å². The van der Waals surface area contributed by atoms with Gasteiger partial charge in [0.05, 0.1) is 8.15 Å². The SMILES string of the molecule is CC[C@@H](C)Cc1ccc(P(OC)c2ccccc2)cc1. The van der Waals surface area contributed by atoms with Gasteiger partial charge in [0.15, 0.2) is 0 Å². The number of benzene rings is 2. The third-order valence-corrected chi connectivity index (χ3v) is 5.52. The van der Waals surface area contributed by atoms with Crippen molar-refractivity contribution in [3.05, 3.63) is 60.2 Å². The molecule has 2 aromatic rings. The fourth-order valence-electron chi connectivity index (χ4n) is 2.24. The van der Waals surface area contributed by atoms with Gasteiger partial charge < -0.3 is 4.52 Å². The van der Waals surface area contributed by atoms with E-state index >= 15 is 0 Å². The third-order valence-electron chi connectivity index (χ3n) is 3.63. The van der Waals surface area contributed by atoms with E-state index in [0.29, 0.717) is 0 Å². The first-order valence-corrected chi connectivity index (χ1v) is 8.48. The van der Waals surface area contributed by atoms with E-state index in [1.54, 1.807) is 7.11 Å². The molecular weight excluding hydrogens is 263 g/mol. The maximum absolute atomic E-state index is 5.73. The van der Waals surface area contributed by atoms with Gasteiger partial charge in [-0.1, -0.05) is 74.9 Å². The van der Waals surface area contributed by atoms with E-state index in [4.69, 9.17) is 4.52 Å². The standard InChI is InChI=1S/C18H23OP/c1-4-15(2)14-16-10-12-18(13-11-16)20(19-3)17-8-6-5-7-9-17/h5-13,15H,4,14H2,1-3H3/t15-,20?/m1/s1. The molecule has 0 N–H and O–H groups in total. The summed E-state index contributed by atoms with van der Waals surface area (Å²) in [5.41, 5.74) is 1.42. The highest BCUT2D eigenvalue weighted by atomic mass is 31.1. The Hall–Kier alpha value is -1.17. The molecule has 0 fully saturated rings. The van der Waals surface area contributed by atoms with Crippen LogP contribution >= 0.6 is 8.15 Å². The molecule has 106 valence electrons. The molecule has 0 saturated carbocycles. The molecule has 0 aliphatic carbocycles. The van der Waals surface area contributed by atoms with E-state index in [1.807, 2.05) is 6.07 Å². The molecule has 0 aromatic heterocycles. The summed E-state index contributed by atoms with van der Waals surface area (Å²) in [4.78, 5) is 0. The Balaban J connectivity index is 2.15. The van der Waals surface area contributed by atoms with Crippen molar-refractivity contribution >= 4 is 18.8 Å². The largest absolute Gasteiger partial charge is 0.353 e. The van der Waals surface area contributed by atoms with E-state index in [2.05, 4.69) is 62.4 Å². The minimum Gasteiger partial charge on any atom is -0.353 e. The average molecular weight is 286 g/mol. The molecule has 0 heterocycles. The Morgan fingerprint density at radius 1 is 0.950 bits per heavy atom. The second-order valence-corrected chi connectivity index (χ2v) is 7.18. The van der Waals surface area contributed by atoms with Crippen LogP contribution in [0.5, 0.6) is 0 Å². The summed E-state index contributed by atoms with van der Waals surface area (Å²) in [7, 11) is 1.11. The van der Waals surface area contributed by atoms with Crippen LogP contribution in [0.2, 0.25) is 0 Å². The molecule has 2 heteroatoms. The molecule has 2 rings (SSSR count). The van der Waals surface area contributed by atoms with Crippen molar-refractivity contribution in [1.82, 2.24) is 0 Å². The highest BCUT2D eigenvalue weighted by molar-refractivity contribution is 7.68. The molecule has 2 aromatic carbocycles. The first-order chi connectivity index (χ1) is 9.74. The maximum atomic E-state index is 5.73. The van der Waals surface area contributed by atoms with Crippen molar-refractivity contribution in [3.63, 3.8) is 0 Å². The summed E-state index contributed by atoms with van der Waals surface area (Å²) in [6.45, 7) is 4.55. The van der Waals surface area contributed by atoms with Gasteiger partial charge >= 0.3 is 0 Å². The first-order valence-electron chi connectivity index (χ1n) is 7.22. The summed E-state index contributed by atoms with van der Waals surface area (Å²) in [5.74, 6) is 0.749. The second kappa shape index (κ2) is 7.57. The van der Waals surface area contributed by atoms with Crippen molar-refractivity contribution in [3.8, 4) is 0 Å². The summed E-state index contributed by atoms with van der Waals surface area (Å²) < 4.78 is 5.73. The number of hydrogen-bond donors (Lipinski definition) is 0. The molecule has 0 bridgehead atoms. The molecular formula is C18H23OP. The van der Waals surface area contributed by atoms with Crippen molar-refractivity contribution in [2.75, 3.05) is 7.11 Å². The average Bonchev–Trinajstić information content (AvgIpc) is 2.50. The lowest BCUT2D eigenvalue weighted by atomic mass is 9.99. The van der Waals surface area contributed by atoms with Gasteiger partial charge in [-0.25, -0.2) is 0 Å². The monoisotopic (exact) mass is 286 g/mol. The Bertz CT molecular complexity index is 507. The van der Waals surface area contributed by atoms with Crippen LogP contribution in [-0.4, -0.2) is 7.11 Å². The van der Waals surface area contributed by atoms with Crippen LogP contribution in [0.15, 0.2) is 54.6 Å². The molecule has 0 radical (unpaired) electrons. The Kier molecular flexibility index (Phi) is 5.76. The summed E-state index contributed by atoms with van der Waals surface area (Å²) >= 11 is 0. The zero-order valence-electron chi connectivity index (χ0n) is 12.5. The van der Waals surface area contributed by atoms with Gasteiger partial charge in [0, 0.05) is 17.7 Å². The third kappa shape index (κ3) is 3.91. The van der Waals surface area contributed by atoms with Gasteiger partial charge in [-0.3, -0.25) is 0 Å². The Labute approximate surface area is 123 Å². The zero-order valence-corrected chi connectivity index (χ0v) is 13.4. The first kappa shape index (κ1) is 15.2. The van der Waals surface area contributed by atoms with Crippen LogP contribution in [0.3, 0.4) is 0 Å². The summed E-state index contributed by atoms with van der Waals surface area (Å²) in [6.07, 6.45) is 2.39. The fraction of sp³-hybridized carbons (Fsp3) is 0.333. The highest BCUT2D eigenvalue weighted by Gasteiger charge is 2.13. The van der Waals surface area contributed by atoms with Crippen molar-refractivity contribution in [2.24, 2.45) is 5.92 Å². The van der Waals surface area contributed by atoms with Gasteiger partial charge in [0.2, 0.25) is 0 Å². The van der Waals surface area contributed by atoms with Crippen LogP contribution in [0.4, 0.5) is 0 Å². The fourth-order valence-corrected chi connectivity index (χ4v) is 3.82. The quantitative estimate of drug-likeness (QED) is 0.721. The van der Waals surface area contributed by atoms with Crippen molar-refractivity contribution in [1.29, 1.82) is 0 Å². The van der Waals surface area contributed by atoms with E-state index in [-0.39, 0.29) is 0 Å². The molecule has 0 saturated heterocycles. The molecule has 20 heavy (non-hydrogen) atoms. The maximum Gasteiger partial charge on any atom is 0.0913 e. The Morgan fingerprint density at radius 2 is 1.55 bits per heavy atom. The minimum absolute atomic E-state index is 0.685. The van der Waals surface area contributed by atoms with Gasteiger partial charge in [-0.05, 0) is 17.9 Å². The van der Waals surface area contributed by atoms with Crippen LogP contribution in [-0.2, 0) is 10.9 Å². The second-order valence-electron chi connectivity index (χ2n) is 5.20. The van der Waals surface area contributed by atoms with Crippen LogP contribution < -0.4 is 10.6 Å². The number of hydrogen-bond acceptors (Lipinski definition) is 1. The molecule has 1 unspecified atom stereocenters. The molecule has 0 aliphatic rings. The van der Waals surface area contributed by atoms with Gasteiger partial charge in [-0.15, -0.1) is 0 Å². The molecule has 0 aliphatic heterocycles. The van der Waals surface area contributed by atoms with Gasteiger partial charge in [-0.2, -0.15) is 0 Å². The summed E-state index contributed by atoms with van der Waals surface area (Å²) in [5, 5.41) is 2.54. The van der Waals surface area contributed by atoms with Crippen LogP contribution in [0.1, 0.15) is 25.8 Å². The smallest absolute Gasteiger partial charge is 0.0913 e. The predicted octanol–water partition coefficient (Wildman–Crippen LogP) is 4.27. The highest BCUT2D eigenvalue weighted by Crippen LogP contribution is 2.33. The van der Waals surface area contributed by atoms with Crippen molar-refractivity contribution < 1.29 is 4.52 Å². The van der Waals surface area contributed by atoms with Crippen LogP contribution in [0, 0.1) is 5.92 Å². The Morgan fingerprint density at radius 3 is 2.10 bits per heavy atom.